The summed E-state index contributed by atoms with van der Waals surface area (Å²) in [4.78, 5) is 25.7. The van der Waals surface area contributed by atoms with Gasteiger partial charge in [0.15, 0.2) is 0 Å². The van der Waals surface area contributed by atoms with Gasteiger partial charge in [0.2, 0.25) is 5.91 Å². The molecule has 0 radical (unpaired) electrons. The number of carbonyl (C=O) groups excluding carboxylic acids is 2. The van der Waals surface area contributed by atoms with Crippen LogP contribution in [0.1, 0.15) is 22.8 Å². The van der Waals surface area contributed by atoms with Gasteiger partial charge in [-0.05, 0) is 48.4 Å². The molecule has 23 heavy (non-hydrogen) atoms. The molecule has 0 bridgehead atoms. The van der Waals surface area contributed by atoms with E-state index >= 15 is 0 Å². The smallest absolute Gasteiger partial charge is 0.255 e. The molecule has 2 amide bonds. The summed E-state index contributed by atoms with van der Waals surface area (Å²) in [5.74, 6) is -0.353. The van der Waals surface area contributed by atoms with Crippen LogP contribution in [0.4, 0.5) is 17.1 Å². The van der Waals surface area contributed by atoms with Crippen molar-refractivity contribution >= 4 is 28.9 Å². The zero-order chi connectivity index (χ0) is 16.4. The standard InChI is InChI=1S/C18H19N3O2/c1-12(22)19-15-5-3-4-14(11-15)18(23)20-16-6-7-17-13(10-16)8-9-21(17)2/h3-7,10-11H,8-9H2,1-2H3,(H,19,22)(H,20,23). The van der Waals surface area contributed by atoms with Crippen LogP contribution in [-0.4, -0.2) is 25.4 Å². The first-order valence-electron chi connectivity index (χ1n) is 7.56. The molecule has 0 fully saturated rings. The van der Waals surface area contributed by atoms with E-state index in [1.54, 1.807) is 24.3 Å². The predicted molar refractivity (Wildman–Crippen MR) is 92.1 cm³/mol. The van der Waals surface area contributed by atoms with Crippen molar-refractivity contribution in [3.8, 4) is 0 Å². The Morgan fingerprint density at radius 2 is 1.83 bits per heavy atom. The van der Waals surface area contributed by atoms with Gasteiger partial charge in [-0.1, -0.05) is 6.07 Å². The van der Waals surface area contributed by atoms with Crippen molar-refractivity contribution in [2.45, 2.75) is 13.3 Å². The van der Waals surface area contributed by atoms with Crippen LogP contribution in [0.25, 0.3) is 0 Å². The van der Waals surface area contributed by atoms with Crippen LogP contribution in [0, 0.1) is 0 Å². The van der Waals surface area contributed by atoms with Crippen molar-refractivity contribution in [1.82, 2.24) is 0 Å². The molecule has 2 aromatic carbocycles. The number of carbonyl (C=O) groups is 2. The van der Waals surface area contributed by atoms with E-state index in [0.717, 1.165) is 18.7 Å². The van der Waals surface area contributed by atoms with Crippen LogP contribution in [0.3, 0.4) is 0 Å². The van der Waals surface area contributed by atoms with Gasteiger partial charge >= 0.3 is 0 Å². The molecule has 0 spiro atoms. The maximum Gasteiger partial charge on any atom is 0.255 e. The van der Waals surface area contributed by atoms with E-state index in [4.69, 9.17) is 0 Å². The molecule has 5 heteroatoms. The van der Waals surface area contributed by atoms with Gasteiger partial charge in [-0.25, -0.2) is 0 Å². The normalized spacial score (nSPS) is 12.7. The summed E-state index contributed by atoms with van der Waals surface area (Å²) in [6, 6.07) is 12.9. The lowest BCUT2D eigenvalue weighted by Crippen LogP contribution is -2.13. The fourth-order valence-electron chi connectivity index (χ4n) is 2.79. The van der Waals surface area contributed by atoms with Crippen LogP contribution in [0.5, 0.6) is 0 Å². The Kier molecular flexibility index (Phi) is 4.02. The number of hydrogen-bond donors (Lipinski definition) is 2. The Morgan fingerprint density at radius 3 is 2.61 bits per heavy atom. The third-order valence-corrected chi connectivity index (χ3v) is 3.91. The van der Waals surface area contributed by atoms with E-state index in [1.807, 2.05) is 18.2 Å². The van der Waals surface area contributed by atoms with Crippen LogP contribution < -0.4 is 15.5 Å². The number of benzene rings is 2. The Labute approximate surface area is 135 Å². The van der Waals surface area contributed by atoms with Gasteiger partial charge in [0.1, 0.15) is 0 Å². The first-order valence-corrected chi connectivity index (χ1v) is 7.56. The Bertz CT molecular complexity index is 771. The van der Waals surface area contributed by atoms with Crippen LogP contribution >= 0.6 is 0 Å². The average Bonchev–Trinajstić information content (AvgIpc) is 2.88. The lowest BCUT2D eigenvalue weighted by Gasteiger charge is -2.13. The number of rotatable bonds is 3. The van der Waals surface area contributed by atoms with E-state index in [1.165, 1.54) is 18.2 Å². The summed E-state index contributed by atoms with van der Waals surface area (Å²) >= 11 is 0. The molecule has 2 N–H and O–H groups in total. The third kappa shape index (κ3) is 3.34. The quantitative estimate of drug-likeness (QED) is 0.916. The van der Waals surface area contributed by atoms with Crippen molar-refractivity contribution < 1.29 is 9.59 Å². The van der Waals surface area contributed by atoms with Crippen molar-refractivity contribution in [3.63, 3.8) is 0 Å². The van der Waals surface area contributed by atoms with Crippen molar-refractivity contribution in [3.05, 3.63) is 53.6 Å². The molecule has 1 aliphatic heterocycles. The number of amides is 2. The van der Waals surface area contributed by atoms with Gasteiger partial charge in [-0.15, -0.1) is 0 Å². The van der Waals surface area contributed by atoms with Gasteiger partial charge < -0.3 is 15.5 Å². The van der Waals surface area contributed by atoms with Crippen molar-refractivity contribution in [2.75, 3.05) is 29.1 Å². The molecule has 5 nitrogen and oxygen atoms in total. The highest BCUT2D eigenvalue weighted by atomic mass is 16.2. The largest absolute Gasteiger partial charge is 0.374 e. The second-order valence-electron chi connectivity index (χ2n) is 5.73. The topological polar surface area (TPSA) is 61.4 Å². The van der Waals surface area contributed by atoms with Gasteiger partial charge in [0.05, 0.1) is 0 Å². The highest BCUT2D eigenvalue weighted by molar-refractivity contribution is 6.05. The zero-order valence-electron chi connectivity index (χ0n) is 13.2. The van der Waals surface area contributed by atoms with Gasteiger partial charge in [0, 0.05) is 43.1 Å². The monoisotopic (exact) mass is 309 g/mol. The Balaban J connectivity index is 1.76. The van der Waals surface area contributed by atoms with Crippen LogP contribution in [0.15, 0.2) is 42.5 Å². The second-order valence-corrected chi connectivity index (χ2v) is 5.73. The van der Waals surface area contributed by atoms with Crippen LogP contribution in [-0.2, 0) is 11.2 Å². The molecule has 118 valence electrons. The van der Waals surface area contributed by atoms with E-state index in [9.17, 15) is 9.59 Å². The zero-order valence-corrected chi connectivity index (χ0v) is 13.2. The summed E-state index contributed by atoms with van der Waals surface area (Å²) in [5, 5.41) is 5.59. The molecule has 3 rings (SSSR count). The lowest BCUT2D eigenvalue weighted by atomic mass is 10.1. The Morgan fingerprint density at radius 1 is 1.04 bits per heavy atom. The number of nitrogens with one attached hydrogen (secondary N) is 2. The van der Waals surface area contributed by atoms with Gasteiger partial charge in [0.25, 0.3) is 5.91 Å². The molecular formula is C18H19N3O2. The first kappa shape index (κ1) is 15.1. The third-order valence-electron chi connectivity index (χ3n) is 3.91. The summed E-state index contributed by atoms with van der Waals surface area (Å²) in [6.45, 7) is 2.44. The molecule has 2 aromatic rings. The highest BCUT2D eigenvalue weighted by Gasteiger charge is 2.16. The molecular weight excluding hydrogens is 290 g/mol. The number of hydrogen-bond acceptors (Lipinski definition) is 3. The van der Waals surface area contributed by atoms with E-state index in [2.05, 4.69) is 22.6 Å². The fraction of sp³-hybridized carbons (Fsp3) is 0.222. The highest BCUT2D eigenvalue weighted by Crippen LogP contribution is 2.29. The number of nitrogens with zero attached hydrogens (tertiary/aromatic N) is 1. The summed E-state index contributed by atoms with van der Waals surface area (Å²) < 4.78 is 0. The van der Waals surface area contributed by atoms with E-state index in [0.29, 0.717) is 11.3 Å². The van der Waals surface area contributed by atoms with E-state index < -0.39 is 0 Å². The molecule has 0 unspecified atom stereocenters. The number of fused-ring (bicyclic) bond motifs is 1. The molecule has 1 heterocycles. The maximum atomic E-state index is 12.4. The summed E-state index contributed by atoms with van der Waals surface area (Å²) in [6.07, 6.45) is 0.994. The van der Waals surface area contributed by atoms with Crippen LogP contribution in [0.2, 0.25) is 0 Å². The first-order chi connectivity index (χ1) is 11.0. The summed E-state index contributed by atoms with van der Waals surface area (Å²) in [7, 11) is 2.07. The predicted octanol–water partition coefficient (Wildman–Crippen LogP) is 2.89. The average molecular weight is 309 g/mol. The minimum atomic E-state index is -0.191. The van der Waals surface area contributed by atoms with Crippen molar-refractivity contribution in [1.29, 1.82) is 0 Å². The van der Waals surface area contributed by atoms with Gasteiger partial charge in [-0.3, -0.25) is 9.59 Å². The molecule has 0 saturated heterocycles. The minimum absolute atomic E-state index is 0.162. The fourth-order valence-corrected chi connectivity index (χ4v) is 2.79. The number of likely N-dealkylation sites (N-methyl/N-ethyl adjacent to an activating group) is 1. The maximum absolute atomic E-state index is 12.4. The lowest BCUT2D eigenvalue weighted by molar-refractivity contribution is -0.114. The minimum Gasteiger partial charge on any atom is -0.374 e. The number of anilines is 3. The summed E-state index contributed by atoms with van der Waals surface area (Å²) in [5.41, 5.74) is 4.37. The Hall–Kier alpha value is -2.82. The second kappa shape index (κ2) is 6.12. The molecule has 0 saturated carbocycles. The molecule has 0 aliphatic carbocycles. The van der Waals surface area contributed by atoms with E-state index in [-0.39, 0.29) is 11.8 Å². The molecule has 0 aromatic heterocycles. The SMILES string of the molecule is CC(=O)Nc1cccc(C(=O)Nc2ccc3c(c2)CCN3C)c1. The molecule has 1 aliphatic rings. The molecule has 0 atom stereocenters. The van der Waals surface area contributed by atoms with Crippen molar-refractivity contribution in [2.24, 2.45) is 0 Å². The van der Waals surface area contributed by atoms with Gasteiger partial charge in [-0.2, -0.15) is 0 Å².